The normalized spacial score (nSPS) is 12.7. The largest absolute Gasteiger partial charge is 0.466 e. The van der Waals surface area contributed by atoms with Crippen LogP contribution in [0.5, 0.6) is 0 Å². The van der Waals surface area contributed by atoms with Gasteiger partial charge in [0.15, 0.2) is 0 Å². The van der Waals surface area contributed by atoms with Crippen molar-refractivity contribution >= 4 is 11.9 Å². The van der Waals surface area contributed by atoms with E-state index in [-0.39, 0.29) is 18.5 Å². The van der Waals surface area contributed by atoms with Gasteiger partial charge in [0.2, 0.25) is 5.91 Å². The van der Waals surface area contributed by atoms with Crippen LogP contribution in [-0.4, -0.2) is 47.4 Å². The Kier molecular flexibility index (Phi) is 44.2. The maximum atomic E-state index is 12.4. The van der Waals surface area contributed by atoms with Gasteiger partial charge >= 0.3 is 5.97 Å². The highest BCUT2D eigenvalue weighted by Gasteiger charge is 2.20. The first-order chi connectivity index (χ1) is 27.0. The first-order valence-corrected chi connectivity index (χ1v) is 24.4. The minimum atomic E-state index is -0.684. The summed E-state index contributed by atoms with van der Waals surface area (Å²) in [5.41, 5.74) is 0. The van der Waals surface area contributed by atoms with Crippen LogP contribution in [0, 0.1) is 0 Å². The fourth-order valence-electron chi connectivity index (χ4n) is 7.51. The summed E-state index contributed by atoms with van der Waals surface area (Å²) in [6.45, 7) is 4.87. The molecule has 2 atom stereocenters. The summed E-state index contributed by atoms with van der Waals surface area (Å²) in [6, 6.07) is -0.565. The fraction of sp³-hybridized carbons (Fsp3) is 0.918. The van der Waals surface area contributed by atoms with Crippen LogP contribution >= 0.6 is 0 Å². The van der Waals surface area contributed by atoms with Crippen molar-refractivity contribution in [3.05, 3.63) is 12.2 Å². The Bertz CT molecular complexity index is 817. The van der Waals surface area contributed by atoms with E-state index in [1.807, 2.05) is 0 Å². The van der Waals surface area contributed by atoms with Gasteiger partial charge in [-0.2, -0.15) is 0 Å². The molecule has 0 heterocycles. The van der Waals surface area contributed by atoms with E-state index in [0.29, 0.717) is 25.9 Å². The number of aliphatic hydroxyl groups is 2. The lowest BCUT2D eigenvalue weighted by atomic mass is 10.0. The topological polar surface area (TPSA) is 95.9 Å². The molecule has 6 nitrogen and oxygen atoms in total. The molecule has 6 heteroatoms. The van der Waals surface area contributed by atoms with E-state index < -0.39 is 12.1 Å². The van der Waals surface area contributed by atoms with Gasteiger partial charge in [0.25, 0.3) is 0 Å². The number of rotatable bonds is 45. The summed E-state index contributed by atoms with van der Waals surface area (Å²) in [5, 5.41) is 23.2. The number of aliphatic hydroxyl groups excluding tert-OH is 2. The van der Waals surface area contributed by atoms with Crippen LogP contribution in [0.25, 0.3) is 0 Å². The van der Waals surface area contributed by atoms with Crippen molar-refractivity contribution in [1.29, 1.82) is 0 Å². The zero-order chi connectivity index (χ0) is 40.1. The van der Waals surface area contributed by atoms with Crippen molar-refractivity contribution in [3.8, 4) is 0 Å². The first-order valence-electron chi connectivity index (χ1n) is 24.4. The smallest absolute Gasteiger partial charge is 0.305 e. The third-order valence-corrected chi connectivity index (χ3v) is 11.3. The summed E-state index contributed by atoms with van der Waals surface area (Å²) < 4.78 is 5.42. The zero-order valence-corrected chi connectivity index (χ0v) is 36.9. The van der Waals surface area contributed by atoms with E-state index in [2.05, 4.69) is 31.3 Å². The molecule has 0 rings (SSSR count). The molecule has 0 saturated carbocycles. The second-order valence-corrected chi connectivity index (χ2v) is 16.8. The van der Waals surface area contributed by atoms with E-state index in [1.54, 1.807) is 0 Å². The lowest BCUT2D eigenvalue weighted by Crippen LogP contribution is -2.45. The third kappa shape index (κ3) is 42.0. The summed E-state index contributed by atoms with van der Waals surface area (Å²) in [5.74, 6) is -0.104. The van der Waals surface area contributed by atoms with Crippen LogP contribution in [0.1, 0.15) is 264 Å². The van der Waals surface area contributed by atoms with Crippen molar-refractivity contribution < 1.29 is 24.5 Å². The van der Waals surface area contributed by atoms with Crippen LogP contribution in [0.4, 0.5) is 0 Å². The number of nitrogens with one attached hydrogen (secondary N) is 1. The molecule has 326 valence electrons. The number of unbranched alkanes of at least 4 members (excludes halogenated alkanes) is 32. The summed E-state index contributed by atoms with van der Waals surface area (Å²) in [6.07, 6.45) is 50.3. The van der Waals surface area contributed by atoms with Gasteiger partial charge in [-0.3, -0.25) is 9.59 Å². The lowest BCUT2D eigenvalue weighted by Gasteiger charge is -2.22. The molecule has 1 amide bonds. The Morgan fingerprint density at radius 1 is 0.491 bits per heavy atom. The Morgan fingerprint density at radius 2 is 0.855 bits per heavy atom. The van der Waals surface area contributed by atoms with Crippen molar-refractivity contribution in [2.24, 2.45) is 0 Å². The van der Waals surface area contributed by atoms with Gasteiger partial charge in [0, 0.05) is 12.8 Å². The Morgan fingerprint density at radius 3 is 1.29 bits per heavy atom. The molecule has 55 heavy (non-hydrogen) atoms. The molecule has 0 aromatic heterocycles. The SMILES string of the molecule is CCCCCCCCCCCCCCCCCC(O)C(CO)NC(=O)CCCCCC/C=C\CCCCOC(=O)CCCCCCCCCCCCCCC. The predicted octanol–water partition coefficient (Wildman–Crippen LogP) is 14.2. The molecular formula is C49H95NO5. The second-order valence-electron chi connectivity index (χ2n) is 16.8. The number of esters is 1. The molecule has 2 unspecified atom stereocenters. The number of carbonyl (C=O) groups is 2. The maximum Gasteiger partial charge on any atom is 0.305 e. The molecule has 3 N–H and O–H groups in total. The number of ether oxygens (including phenoxy) is 1. The zero-order valence-electron chi connectivity index (χ0n) is 36.9. The highest BCUT2D eigenvalue weighted by atomic mass is 16.5. The average Bonchev–Trinajstić information content (AvgIpc) is 3.18. The van der Waals surface area contributed by atoms with Crippen molar-refractivity contribution in [1.82, 2.24) is 5.32 Å². The van der Waals surface area contributed by atoms with Crippen molar-refractivity contribution in [2.45, 2.75) is 276 Å². The fourth-order valence-corrected chi connectivity index (χ4v) is 7.51. The van der Waals surface area contributed by atoms with Gasteiger partial charge in [0.05, 0.1) is 25.4 Å². The Hall–Kier alpha value is -1.40. The standard InChI is InChI=1S/C49H95NO5/c1-3-5-7-9-11-13-15-17-18-20-21-25-29-33-37-41-47(52)46(45-51)50-48(53)42-38-34-30-26-23-24-28-32-36-40-44-55-49(54)43-39-35-31-27-22-19-16-14-12-10-8-6-4-2/h24,28,46-47,51-52H,3-23,25-27,29-45H2,1-2H3,(H,50,53)/b28-24-. The van der Waals surface area contributed by atoms with E-state index >= 15 is 0 Å². The second kappa shape index (κ2) is 45.3. The molecule has 0 spiro atoms. The van der Waals surface area contributed by atoms with Gasteiger partial charge in [-0.05, 0) is 51.4 Å². The minimum absolute atomic E-state index is 0.0347. The molecule has 0 bridgehead atoms. The molecular weight excluding hydrogens is 683 g/mol. The van der Waals surface area contributed by atoms with Crippen LogP contribution in [0.2, 0.25) is 0 Å². The monoisotopic (exact) mass is 778 g/mol. The number of allylic oxidation sites excluding steroid dienone is 2. The molecule has 0 aromatic rings. The van der Waals surface area contributed by atoms with Gasteiger partial charge < -0.3 is 20.3 Å². The van der Waals surface area contributed by atoms with E-state index in [4.69, 9.17) is 4.74 Å². The highest BCUT2D eigenvalue weighted by Crippen LogP contribution is 2.16. The van der Waals surface area contributed by atoms with Gasteiger partial charge in [-0.25, -0.2) is 0 Å². The summed E-state index contributed by atoms with van der Waals surface area (Å²) in [4.78, 5) is 24.4. The quantitative estimate of drug-likeness (QED) is 0.0325. The molecule has 0 aliphatic carbocycles. The van der Waals surface area contributed by atoms with Crippen LogP contribution in [0.3, 0.4) is 0 Å². The molecule has 0 aliphatic rings. The van der Waals surface area contributed by atoms with Crippen molar-refractivity contribution in [2.75, 3.05) is 13.2 Å². The van der Waals surface area contributed by atoms with Gasteiger partial charge in [0.1, 0.15) is 0 Å². The van der Waals surface area contributed by atoms with Crippen LogP contribution in [0.15, 0.2) is 12.2 Å². The highest BCUT2D eigenvalue weighted by molar-refractivity contribution is 5.76. The van der Waals surface area contributed by atoms with E-state index in [1.165, 1.54) is 154 Å². The van der Waals surface area contributed by atoms with Crippen LogP contribution in [-0.2, 0) is 14.3 Å². The molecule has 0 fully saturated rings. The minimum Gasteiger partial charge on any atom is -0.466 e. The third-order valence-electron chi connectivity index (χ3n) is 11.3. The van der Waals surface area contributed by atoms with Gasteiger partial charge in [-0.1, -0.05) is 212 Å². The summed E-state index contributed by atoms with van der Waals surface area (Å²) >= 11 is 0. The molecule has 0 saturated heterocycles. The van der Waals surface area contributed by atoms with Gasteiger partial charge in [-0.15, -0.1) is 0 Å². The maximum absolute atomic E-state index is 12.4. The molecule has 0 aromatic carbocycles. The number of hydrogen-bond donors (Lipinski definition) is 3. The number of amides is 1. The average molecular weight is 778 g/mol. The van der Waals surface area contributed by atoms with Crippen LogP contribution < -0.4 is 5.32 Å². The van der Waals surface area contributed by atoms with Crippen molar-refractivity contribution in [3.63, 3.8) is 0 Å². The predicted molar refractivity (Wildman–Crippen MR) is 237 cm³/mol. The lowest BCUT2D eigenvalue weighted by molar-refractivity contribution is -0.143. The number of hydrogen-bond acceptors (Lipinski definition) is 5. The number of carbonyl (C=O) groups excluding carboxylic acids is 2. The van der Waals surface area contributed by atoms with E-state index in [0.717, 1.165) is 77.0 Å². The molecule has 0 radical (unpaired) electrons. The van der Waals surface area contributed by atoms with E-state index in [9.17, 15) is 19.8 Å². The summed E-state index contributed by atoms with van der Waals surface area (Å²) in [7, 11) is 0. The Labute approximate surface area is 342 Å². The Balaban J connectivity index is 3.53. The molecule has 0 aliphatic heterocycles. The first kappa shape index (κ1) is 53.6.